The highest BCUT2D eigenvalue weighted by atomic mass is 16.7. The summed E-state index contributed by atoms with van der Waals surface area (Å²) in [7, 11) is 0. The zero-order chi connectivity index (χ0) is 18.3. The molecule has 0 unspecified atom stereocenters. The van der Waals surface area contributed by atoms with Crippen molar-refractivity contribution in [2.24, 2.45) is 0 Å². The maximum absolute atomic E-state index is 12.1. The molecule has 0 radical (unpaired) electrons. The highest BCUT2D eigenvalue weighted by molar-refractivity contribution is 5.84. The van der Waals surface area contributed by atoms with Crippen LogP contribution in [-0.4, -0.2) is 68.0 Å². The predicted molar refractivity (Wildman–Crippen MR) is 80.2 cm³/mol. The van der Waals surface area contributed by atoms with Gasteiger partial charge in [-0.25, -0.2) is 0 Å². The molecule has 1 aromatic carbocycles. The molecule has 1 saturated heterocycles. The molecule has 6 N–H and O–H groups in total. The van der Waals surface area contributed by atoms with Crippen LogP contribution in [0.3, 0.4) is 0 Å². The SMILES string of the molecule is O=c1cc(O[C@@H]2O[C@H]([C@H](O)CO)[C@H](O)[C@H]2O)oc2cc(O)cc(O)c12. The average Bonchev–Trinajstić information content (AvgIpc) is 2.81. The second-order valence-electron chi connectivity index (χ2n) is 5.59. The minimum atomic E-state index is -1.58. The van der Waals surface area contributed by atoms with Gasteiger partial charge in [-0.1, -0.05) is 0 Å². The minimum Gasteiger partial charge on any atom is -0.508 e. The molecule has 1 aromatic heterocycles. The molecule has 1 fully saturated rings. The standard InChI is InChI=1S/C15H16O10/c16-4-8(20)14-12(21)13(22)15(25-14)24-10-3-7(19)11-6(18)1-5(17)2-9(11)23-10/h1-3,8,12-18,20-22H,4H2/t8-,12-,13-,14-,15-/m1/s1. The van der Waals surface area contributed by atoms with Crippen molar-refractivity contribution in [2.75, 3.05) is 6.61 Å². The van der Waals surface area contributed by atoms with Crippen LogP contribution in [0, 0.1) is 0 Å². The van der Waals surface area contributed by atoms with E-state index >= 15 is 0 Å². The number of phenolic OH excluding ortho intramolecular Hbond substituents is 2. The van der Waals surface area contributed by atoms with E-state index in [-0.39, 0.29) is 16.7 Å². The molecule has 0 saturated carbocycles. The molecule has 0 amide bonds. The van der Waals surface area contributed by atoms with Crippen LogP contribution < -0.4 is 10.2 Å². The molecular weight excluding hydrogens is 340 g/mol. The first-order chi connectivity index (χ1) is 11.8. The van der Waals surface area contributed by atoms with Gasteiger partial charge in [-0.05, 0) is 0 Å². The topological polar surface area (TPSA) is 170 Å². The molecule has 2 heterocycles. The highest BCUT2D eigenvalue weighted by Crippen LogP contribution is 2.31. The van der Waals surface area contributed by atoms with Gasteiger partial charge >= 0.3 is 0 Å². The Labute approximate surface area is 139 Å². The van der Waals surface area contributed by atoms with E-state index in [1.165, 1.54) is 0 Å². The number of aliphatic hydroxyl groups is 4. The fourth-order valence-corrected chi connectivity index (χ4v) is 2.60. The lowest BCUT2D eigenvalue weighted by molar-refractivity contribution is -0.143. The van der Waals surface area contributed by atoms with Crippen molar-refractivity contribution in [1.29, 1.82) is 0 Å². The number of benzene rings is 1. The molecule has 2 aromatic rings. The summed E-state index contributed by atoms with van der Waals surface area (Å²) >= 11 is 0. The van der Waals surface area contributed by atoms with Gasteiger partial charge in [0.1, 0.15) is 46.9 Å². The van der Waals surface area contributed by atoms with Crippen LogP contribution in [0.1, 0.15) is 0 Å². The zero-order valence-electron chi connectivity index (χ0n) is 12.6. The second-order valence-corrected chi connectivity index (χ2v) is 5.59. The molecule has 0 aliphatic carbocycles. The summed E-state index contributed by atoms with van der Waals surface area (Å²) in [4.78, 5) is 12.1. The van der Waals surface area contributed by atoms with Gasteiger partial charge in [-0.2, -0.15) is 0 Å². The Morgan fingerprint density at radius 3 is 2.56 bits per heavy atom. The van der Waals surface area contributed by atoms with E-state index in [0.29, 0.717) is 0 Å². The van der Waals surface area contributed by atoms with Crippen molar-refractivity contribution >= 4 is 11.0 Å². The molecule has 25 heavy (non-hydrogen) atoms. The molecule has 0 spiro atoms. The number of ether oxygens (including phenoxy) is 2. The van der Waals surface area contributed by atoms with E-state index in [1.807, 2.05) is 0 Å². The van der Waals surface area contributed by atoms with Crippen molar-refractivity contribution in [3.63, 3.8) is 0 Å². The summed E-state index contributed by atoms with van der Waals surface area (Å²) in [6, 6.07) is 2.95. The first kappa shape index (κ1) is 17.5. The lowest BCUT2D eigenvalue weighted by Gasteiger charge is -2.18. The van der Waals surface area contributed by atoms with Crippen LogP contribution in [0.25, 0.3) is 11.0 Å². The number of hydrogen-bond donors (Lipinski definition) is 6. The molecule has 3 rings (SSSR count). The maximum atomic E-state index is 12.1. The van der Waals surface area contributed by atoms with E-state index in [9.17, 15) is 30.3 Å². The van der Waals surface area contributed by atoms with E-state index in [4.69, 9.17) is 19.0 Å². The summed E-state index contributed by atoms with van der Waals surface area (Å²) in [6.07, 6.45) is -7.34. The third-order valence-electron chi connectivity index (χ3n) is 3.83. The second kappa shape index (κ2) is 6.50. The number of aromatic hydroxyl groups is 2. The Bertz CT molecular complexity index is 831. The van der Waals surface area contributed by atoms with Gasteiger partial charge in [0, 0.05) is 12.1 Å². The largest absolute Gasteiger partial charge is 0.508 e. The van der Waals surface area contributed by atoms with E-state index in [0.717, 1.165) is 18.2 Å². The summed E-state index contributed by atoms with van der Waals surface area (Å²) in [6.45, 7) is -0.704. The van der Waals surface area contributed by atoms with Crippen molar-refractivity contribution in [3.05, 3.63) is 28.4 Å². The van der Waals surface area contributed by atoms with Crippen LogP contribution in [0.4, 0.5) is 0 Å². The van der Waals surface area contributed by atoms with Crippen molar-refractivity contribution in [2.45, 2.75) is 30.7 Å². The monoisotopic (exact) mass is 356 g/mol. The summed E-state index contributed by atoms with van der Waals surface area (Å²) in [5.74, 6) is -1.23. The van der Waals surface area contributed by atoms with Gasteiger partial charge in [-0.15, -0.1) is 0 Å². The maximum Gasteiger partial charge on any atom is 0.291 e. The summed E-state index contributed by atoms with van der Waals surface area (Å²) in [5, 5.41) is 57.2. The van der Waals surface area contributed by atoms with Gasteiger partial charge in [0.15, 0.2) is 5.43 Å². The fraction of sp³-hybridized carbons (Fsp3) is 0.400. The van der Waals surface area contributed by atoms with Crippen molar-refractivity contribution < 1.29 is 44.5 Å². The van der Waals surface area contributed by atoms with Crippen LogP contribution in [0.5, 0.6) is 17.4 Å². The fourth-order valence-electron chi connectivity index (χ4n) is 2.60. The Balaban J connectivity index is 1.90. The van der Waals surface area contributed by atoms with Crippen molar-refractivity contribution in [3.8, 4) is 17.4 Å². The molecule has 0 bridgehead atoms. The number of phenols is 2. The van der Waals surface area contributed by atoms with Gasteiger partial charge in [0.05, 0.1) is 12.7 Å². The highest BCUT2D eigenvalue weighted by Gasteiger charge is 2.47. The Kier molecular flexibility index (Phi) is 4.54. The van der Waals surface area contributed by atoms with Crippen LogP contribution in [0.15, 0.2) is 27.4 Å². The Morgan fingerprint density at radius 2 is 1.88 bits per heavy atom. The predicted octanol–water partition coefficient (Wildman–Crippen LogP) is -1.62. The Morgan fingerprint density at radius 1 is 1.16 bits per heavy atom. The van der Waals surface area contributed by atoms with Crippen LogP contribution >= 0.6 is 0 Å². The molecule has 136 valence electrons. The molecular formula is C15H16O10. The van der Waals surface area contributed by atoms with Gasteiger partial charge in [0.2, 0.25) is 6.29 Å². The molecule has 5 atom stereocenters. The first-order valence-corrected chi connectivity index (χ1v) is 7.29. The lowest BCUT2D eigenvalue weighted by Crippen LogP contribution is -2.40. The smallest absolute Gasteiger partial charge is 0.291 e. The van der Waals surface area contributed by atoms with E-state index in [2.05, 4.69) is 0 Å². The third-order valence-corrected chi connectivity index (χ3v) is 3.83. The van der Waals surface area contributed by atoms with Gasteiger partial charge < -0.3 is 44.5 Å². The summed E-state index contributed by atoms with van der Waals surface area (Å²) in [5.41, 5.74) is -0.839. The number of hydrogen-bond acceptors (Lipinski definition) is 10. The lowest BCUT2D eigenvalue weighted by atomic mass is 10.1. The van der Waals surface area contributed by atoms with E-state index < -0.39 is 54.4 Å². The number of aliphatic hydroxyl groups excluding tert-OH is 4. The number of rotatable bonds is 4. The van der Waals surface area contributed by atoms with Gasteiger partial charge in [-0.3, -0.25) is 4.79 Å². The Hall–Kier alpha value is -2.37. The number of fused-ring (bicyclic) bond motifs is 1. The van der Waals surface area contributed by atoms with E-state index in [1.54, 1.807) is 0 Å². The quantitative estimate of drug-likeness (QED) is 0.374. The first-order valence-electron chi connectivity index (χ1n) is 7.29. The van der Waals surface area contributed by atoms with Gasteiger partial charge in [0.25, 0.3) is 5.95 Å². The molecule has 1 aliphatic rings. The molecule has 1 aliphatic heterocycles. The third kappa shape index (κ3) is 3.13. The molecule has 10 nitrogen and oxygen atoms in total. The van der Waals surface area contributed by atoms with Crippen LogP contribution in [-0.2, 0) is 4.74 Å². The average molecular weight is 356 g/mol. The normalized spacial score (nSPS) is 27.5. The minimum absolute atomic E-state index is 0.167. The van der Waals surface area contributed by atoms with Crippen molar-refractivity contribution in [1.82, 2.24) is 0 Å². The molecule has 10 heteroatoms. The zero-order valence-corrected chi connectivity index (χ0v) is 12.6. The summed E-state index contributed by atoms with van der Waals surface area (Å²) < 4.78 is 15.6. The van der Waals surface area contributed by atoms with Crippen LogP contribution in [0.2, 0.25) is 0 Å².